The lowest BCUT2D eigenvalue weighted by atomic mass is 9.72. The Balaban J connectivity index is 1.91. The van der Waals surface area contributed by atoms with E-state index < -0.39 is 5.72 Å². The fourth-order valence-electron chi connectivity index (χ4n) is 4.61. The molecule has 4 rings (SSSR count). The number of ether oxygens (including phenoxy) is 1. The van der Waals surface area contributed by atoms with Gasteiger partial charge >= 0.3 is 0 Å². The lowest BCUT2D eigenvalue weighted by Crippen LogP contribution is -2.46. The summed E-state index contributed by atoms with van der Waals surface area (Å²) in [6.07, 6.45) is 0.182. The summed E-state index contributed by atoms with van der Waals surface area (Å²) in [4.78, 5) is 0. The molecular weight excluding hydrogens is 294 g/mol. The van der Waals surface area contributed by atoms with Crippen molar-refractivity contribution in [1.82, 2.24) is 5.32 Å². The zero-order valence-electron chi connectivity index (χ0n) is 15.0. The van der Waals surface area contributed by atoms with Gasteiger partial charge < -0.3 is 4.74 Å². The smallest absolute Gasteiger partial charge is 0.149 e. The second kappa shape index (κ2) is 5.44. The zero-order chi connectivity index (χ0) is 16.9. The van der Waals surface area contributed by atoms with Crippen LogP contribution < -0.4 is 5.32 Å². The summed E-state index contributed by atoms with van der Waals surface area (Å²) in [5.74, 6) is 0.768. The molecule has 2 heterocycles. The SMILES string of the molecule is CC1C2c3ccccc3CNC1(c1ccccc1)OC2C(C)(C)C. The van der Waals surface area contributed by atoms with Crippen LogP contribution >= 0.6 is 0 Å². The van der Waals surface area contributed by atoms with Crippen molar-refractivity contribution >= 4 is 0 Å². The number of benzene rings is 2. The summed E-state index contributed by atoms with van der Waals surface area (Å²) in [5.41, 5.74) is 3.77. The van der Waals surface area contributed by atoms with Gasteiger partial charge in [-0.1, -0.05) is 82.3 Å². The van der Waals surface area contributed by atoms with E-state index in [1.54, 1.807) is 0 Å². The molecular formula is C22H27NO. The summed E-state index contributed by atoms with van der Waals surface area (Å²) < 4.78 is 6.86. The van der Waals surface area contributed by atoms with Crippen LogP contribution in [-0.2, 0) is 17.0 Å². The molecule has 2 bridgehead atoms. The molecule has 1 fully saturated rings. The molecule has 0 aromatic heterocycles. The van der Waals surface area contributed by atoms with Gasteiger partial charge in [-0.05, 0) is 22.1 Å². The average molecular weight is 321 g/mol. The van der Waals surface area contributed by atoms with Gasteiger partial charge in [-0.15, -0.1) is 0 Å². The summed E-state index contributed by atoms with van der Waals surface area (Å²) in [6, 6.07) is 19.6. The van der Waals surface area contributed by atoms with Gasteiger partial charge in [0.15, 0.2) is 0 Å². The van der Waals surface area contributed by atoms with Crippen LogP contribution in [0, 0.1) is 11.3 Å². The van der Waals surface area contributed by atoms with E-state index in [4.69, 9.17) is 4.74 Å². The second-order valence-electron chi connectivity index (χ2n) is 8.37. The van der Waals surface area contributed by atoms with Crippen LogP contribution in [0.3, 0.4) is 0 Å². The fraction of sp³-hybridized carbons (Fsp3) is 0.455. The maximum absolute atomic E-state index is 6.86. The Morgan fingerprint density at radius 2 is 1.67 bits per heavy atom. The normalized spacial score (nSPS) is 32.2. The Bertz CT molecular complexity index is 733. The van der Waals surface area contributed by atoms with Gasteiger partial charge in [0.2, 0.25) is 0 Å². The molecule has 0 aliphatic carbocycles. The minimum atomic E-state index is -0.414. The Kier molecular flexibility index (Phi) is 3.59. The van der Waals surface area contributed by atoms with Crippen LogP contribution in [0.25, 0.3) is 0 Å². The van der Waals surface area contributed by atoms with Crippen molar-refractivity contribution < 1.29 is 4.74 Å². The van der Waals surface area contributed by atoms with Gasteiger partial charge in [0, 0.05) is 18.4 Å². The molecule has 2 aliphatic rings. The first-order chi connectivity index (χ1) is 11.4. The minimum absolute atomic E-state index is 0.0849. The van der Waals surface area contributed by atoms with Gasteiger partial charge in [0.25, 0.3) is 0 Å². The average Bonchev–Trinajstić information content (AvgIpc) is 2.80. The van der Waals surface area contributed by atoms with E-state index in [9.17, 15) is 0 Å². The molecule has 0 radical (unpaired) electrons. The molecule has 1 saturated heterocycles. The molecule has 1 N–H and O–H groups in total. The molecule has 0 saturated carbocycles. The molecule has 2 aromatic carbocycles. The van der Waals surface area contributed by atoms with E-state index in [1.165, 1.54) is 16.7 Å². The van der Waals surface area contributed by atoms with Crippen molar-refractivity contribution in [3.8, 4) is 0 Å². The van der Waals surface area contributed by atoms with Gasteiger partial charge in [-0.2, -0.15) is 0 Å². The number of hydrogen-bond donors (Lipinski definition) is 1. The van der Waals surface area contributed by atoms with E-state index >= 15 is 0 Å². The van der Waals surface area contributed by atoms with Crippen LogP contribution in [-0.4, -0.2) is 6.10 Å². The second-order valence-corrected chi connectivity index (χ2v) is 8.37. The van der Waals surface area contributed by atoms with Crippen LogP contribution in [0.1, 0.15) is 50.3 Å². The molecule has 2 nitrogen and oxygen atoms in total. The van der Waals surface area contributed by atoms with Gasteiger partial charge in [-0.3, -0.25) is 5.32 Å². The molecule has 2 heteroatoms. The number of nitrogens with one attached hydrogen (secondary N) is 1. The number of hydrogen-bond acceptors (Lipinski definition) is 2. The standard InChI is InChI=1S/C22H27NO/c1-15-19-18-13-9-8-10-16(18)14-23-22(15,17-11-6-5-7-12-17)24-20(19)21(2,3)4/h5-13,15,19-20,23H,14H2,1-4H3. The van der Waals surface area contributed by atoms with Crippen LogP contribution in [0.5, 0.6) is 0 Å². The third-order valence-electron chi connectivity index (χ3n) is 5.83. The van der Waals surface area contributed by atoms with Crippen LogP contribution in [0.2, 0.25) is 0 Å². The molecule has 0 amide bonds. The fourth-order valence-corrected chi connectivity index (χ4v) is 4.61. The lowest BCUT2D eigenvalue weighted by molar-refractivity contribution is -0.119. The first kappa shape index (κ1) is 15.9. The van der Waals surface area contributed by atoms with Crippen molar-refractivity contribution in [3.63, 3.8) is 0 Å². The Morgan fingerprint density at radius 1 is 1.00 bits per heavy atom. The monoisotopic (exact) mass is 321 g/mol. The highest BCUT2D eigenvalue weighted by atomic mass is 16.5. The third kappa shape index (κ3) is 2.24. The van der Waals surface area contributed by atoms with Gasteiger partial charge in [0.05, 0.1) is 6.10 Å². The van der Waals surface area contributed by atoms with Crippen molar-refractivity contribution in [2.75, 3.05) is 0 Å². The van der Waals surface area contributed by atoms with Gasteiger partial charge in [0.1, 0.15) is 5.72 Å². The number of fused-ring (bicyclic) bond motifs is 4. The minimum Gasteiger partial charge on any atom is -0.352 e. The third-order valence-corrected chi connectivity index (χ3v) is 5.83. The Labute approximate surface area is 145 Å². The van der Waals surface area contributed by atoms with Crippen molar-refractivity contribution in [1.29, 1.82) is 0 Å². The molecule has 126 valence electrons. The summed E-state index contributed by atoms with van der Waals surface area (Å²) in [5, 5.41) is 3.79. The first-order valence-electron chi connectivity index (χ1n) is 9.00. The Hall–Kier alpha value is -1.64. The topological polar surface area (TPSA) is 21.3 Å². The largest absolute Gasteiger partial charge is 0.352 e. The van der Waals surface area contributed by atoms with Gasteiger partial charge in [-0.25, -0.2) is 0 Å². The molecule has 2 aromatic rings. The highest BCUT2D eigenvalue weighted by Gasteiger charge is 2.58. The molecule has 2 aliphatic heterocycles. The maximum Gasteiger partial charge on any atom is 0.149 e. The zero-order valence-corrected chi connectivity index (χ0v) is 15.0. The van der Waals surface area contributed by atoms with Crippen molar-refractivity contribution in [2.45, 2.75) is 52.0 Å². The highest BCUT2D eigenvalue weighted by Crippen LogP contribution is 2.56. The summed E-state index contributed by atoms with van der Waals surface area (Å²) in [7, 11) is 0. The van der Waals surface area contributed by atoms with Crippen molar-refractivity contribution in [2.24, 2.45) is 11.3 Å². The lowest BCUT2D eigenvalue weighted by Gasteiger charge is -2.37. The molecule has 4 unspecified atom stereocenters. The maximum atomic E-state index is 6.86. The van der Waals surface area contributed by atoms with Crippen molar-refractivity contribution in [3.05, 3.63) is 71.3 Å². The van der Waals surface area contributed by atoms with E-state index in [-0.39, 0.29) is 11.5 Å². The quantitative estimate of drug-likeness (QED) is 0.814. The van der Waals surface area contributed by atoms with Crippen LogP contribution in [0.15, 0.2) is 54.6 Å². The summed E-state index contributed by atoms with van der Waals surface area (Å²) >= 11 is 0. The Morgan fingerprint density at radius 3 is 2.38 bits per heavy atom. The van der Waals surface area contributed by atoms with E-state index in [1.807, 2.05) is 0 Å². The van der Waals surface area contributed by atoms with E-state index in [2.05, 4.69) is 87.6 Å². The first-order valence-corrected chi connectivity index (χ1v) is 9.00. The molecule has 0 spiro atoms. The molecule has 4 atom stereocenters. The summed E-state index contributed by atoms with van der Waals surface area (Å²) in [6.45, 7) is 10.1. The predicted molar refractivity (Wildman–Crippen MR) is 97.6 cm³/mol. The predicted octanol–water partition coefficient (Wildman–Crippen LogP) is 4.81. The van der Waals surface area contributed by atoms with E-state index in [0.717, 1.165) is 6.54 Å². The molecule has 24 heavy (non-hydrogen) atoms. The number of rotatable bonds is 1. The van der Waals surface area contributed by atoms with Crippen LogP contribution in [0.4, 0.5) is 0 Å². The highest BCUT2D eigenvalue weighted by molar-refractivity contribution is 5.38. The van der Waals surface area contributed by atoms with E-state index in [0.29, 0.717) is 11.8 Å².